The van der Waals surface area contributed by atoms with E-state index >= 15 is 0 Å². The second-order valence-electron chi connectivity index (χ2n) is 5.59. The van der Waals surface area contributed by atoms with Crippen LogP contribution in [0, 0.1) is 0 Å². The van der Waals surface area contributed by atoms with Gasteiger partial charge in [-0.25, -0.2) is 0 Å². The molecule has 1 rings (SSSR count). The topological polar surface area (TPSA) is 24.5 Å². The number of nitrogens with one attached hydrogen (secondary N) is 1. The Balaban J connectivity index is 2.93. The molecule has 0 bridgehead atoms. The van der Waals surface area contributed by atoms with Gasteiger partial charge in [-0.15, -0.1) is 0 Å². The number of nitrogens with zero attached hydrogens (tertiary/aromatic N) is 1. The molecule has 1 aromatic carbocycles. The highest BCUT2D eigenvalue weighted by Crippen LogP contribution is 2.26. The van der Waals surface area contributed by atoms with Crippen molar-refractivity contribution in [2.45, 2.75) is 52.6 Å². The minimum atomic E-state index is 0.315. The first-order chi connectivity index (χ1) is 10.2. The molecule has 0 amide bonds. The lowest BCUT2D eigenvalue weighted by molar-refractivity contribution is 0.190. The lowest BCUT2D eigenvalue weighted by atomic mass is 10.0. The lowest BCUT2D eigenvalue weighted by Gasteiger charge is -2.32. The first-order valence-corrected chi connectivity index (χ1v) is 8.28. The van der Waals surface area contributed by atoms with E-state index in [0.29, 0.717) is 12.1 Å². The van der Waals surface area contributed by atoms with Crippen LogP contribution in [0.1, 0.15) is 52.1 Å². The van der Waals surface area contributed by atoms with Gasteiger partial charge in [0.1, 0.15) is 5.75 Å². The maximum atomic E-state index is 5.55. The predicted octanol–water partition coefficient (Wildman–Crippen LogP) is 3.86. The van der Waals surface area contributed by atoms with Crippen LogP contribution in [0.3, 0.4) is 0 Å². The van der Waals surface area contributed by atoms with Crippen LogP contribution in [-0.2, 0) is 0 Å². The van der Waals surface area contributed by atoms with E-state index in [1.807, 2.05) is 6.07 Å². The second kappa shape index (κ2) is 9.80. The molecule has 0 aromatic heterocycles. The van der Waals surface area contributed by atoms with Crippen LogP contribution in [0.25, 0.3) is 0 Å². The van der Waals surface area contributed by atoms with Gasteiger partial charge in [-0.1, -0.05) is 39.0 Å². The summed E-state index contributed by atoms with van der Waals surface area (Å²) in [6.07, 6.45) is 2.32. The van der Waals surface area contributed by atoms with Crippen LogP contribution in [0.5, 0.6) is 5.75 Å². The van der Waals surface area contributed by atoms with Gasteiger partial charge in [0.05, 0.1) is 7.11 Å². The van der Waals surface area contributed by atoms with Crippen LogP contribution in [-0.4, -0.2) is 37.7 Å². The molecule has 0 saturated heterocycles. The summed E-state index contributed by atoms with van der Waals surface area (Å²) in [6.45, 7) is 12.1. The van der Waals surface area contributed by atoms with E-state index in [9.17, 15) is 0 Å². The van der Waals surface area contributed by atoms with Crippen molar-refractivity contribution in [1.82, 2.24) is 10.2 Å². The molecule has 0 saturated carbocycles. The van der Waals surface area contributed by atoms with Gasteiger partial charge < -0.3 is 10.1 Å². The van der Waals surface area contributed by atoms with Crippen molar-refractivity contribution in [3.63, 3.8) is 0 Å². The molecule has 0 aliphatic heterocycles. The molecule has 1 aromatic rings. The first-order valence-electron chi connectivity index (χ1n) is 8.28. The predicted molar refractivity (Wildman–Crippen MR) is 91.0 cm³/mol. The Morgan fingerprint density at radius 2 is 1.90 bits per heavy atom. The minimum Gasteiger partial charge on any atom is -0.496 e. The van der Waals surface area contributed by atoms with E-state index < -0.39 is 0 Å². The van der Waals surface area contributed by atoms with Gasteiger partial charge in [0.25, 0.3) is 0 Å². The van der Waals surface area contributed by atoms with Crippen molar-refractivity contribution in [3.05, 3.63) is 29.8 Å². The third-order valence-electron chi connectivity index (χ3n) is 4.19. The lowest BCUT2D eigenvalue weighted by Crippen LogP contribution is -2.40. The van der Waals surface area contributed by atoms with Crippen LogP contribution in [0.4, 0.5) is 0 Å². The Bertz CT molecular complexity index is 395. The van der Waals surface area contributed by atoms with Gasteiger partial charge in [-0.3, -0.25) is 4.90 Å². The Morgan fingerprint density at radius 1 is 1.19 bits per heavy atom. The van der Waals surface area contributed by atoms with Gasteiger partial charge in [0, 0.05) is 24.2 Å². The smallest absolute Gasteiger partial charge is 0.123 e. The van der Waals surface area contributed by atoms with Crippen LogP contribution < -0.4 is 10.1 Å². The minimum absolute atomic E-state index is 0.315. The molecule has 0 heterocycles. The number of para-hydroxylation sites is 1. The fraction of sp³-hybridized carbons (Fsp3) is 0.667. The van der Waals surface area contributed by atoms with Crippen molar-refractivity contribution in [3.8, 4) is 5.75 Å². The zero-order valence-electron chi connectivity index (χ0n) is 14.4. The zero-order chi connectivity index (χ0) is 15.7. The van der Waals surface area contributed by atoms with Crippen molar-refractivity contribution >= 4 is 0 Å². The maximum Gasteiger partial charge on any atom is 0.123 e. The number of methoxy groups -OCH3 is 1. The Hall–Kier alpha value is -1.06. The van der Waals surface area contributed by atoms with Crippen molar-refractivity contribution in [1.29, 1.82) is 0 Å². The normalized spacial score (nSPS) is 14.2. The second-order valence-corrected chi connectivity index (χ2v) is 5.59. The summed E-state index contributed by atoms with van der Waals surface area (Å²) in [5.41, 5.74) is 1.26. The summed E-state index contributed by atoms with van der Waals surface area (Å²) in [4.78, 5) is 2.54. The molecule has 2 unspecified atom stereocenters. The monoisotopic (exact) mass is 292 g/mol. The molecule has 0 spiro atoms. The summed E-state index contributed by atoms with van der Waals surface area (Å²) < 4.78 is 5.55. The summed E-state index contributed by atoms with van der Waals surface area (Å²) in [5, 5.41) is 3.68. The third-order valence-corrected chi connectivity index (χ3v) is 4.19. The number of likely N-dealkylation sites (N-methyl/N-ethyl adjacent to an activating group) is 1. The molecule has 0 aliphatic rings. The van der Waals surface area contributed by atoms with E-state index in [-0.39, 0.29) is 0 Å². The van der Waals surface area contributed by atoms with Crippen LogP contribution in [0.15, 0.2) is 24.3 Å². The van der Waals surface area contributed by atoms with Crippen molar-refractivity contribution in [2.75, 3.05) is 26.7 Å². The molecule has 0 radical (unpaired) electrons. The third kappa shape index (κ3) is 5.33. The fourth-order valence-corrected chi connectivity index (χ4v) is 2.66. The van der Waals surface area contributed by atoms with E-state index in [2.05, 4.69) is 56.1 Å². The molecule has 3 heteroatoms. The number of ether oxygens (including phenoxy) is 1. The fourth-order valence-electron chi connectivity index (χ4n) is 2.66. The highest BCUT2D eigenvalue weighted by Gasteiger charge is 2.20. The summed E-state index contributed by atoms with van der Waals surface area (Å²) in [7, 11) is 1.75. The Kier molecular flexibility index (Phi) is 8.40. The van der Waals surface area contributed by atoms with Gasteiger partial charge in [-0.05, 0) is 38.9 Å². The molecular formula is C18H32N2O. The van der Waals surface area contributed by atoms with Crippen LogP contribution >= 0.6 is 0 Å². The molecule has 3 nitrogen and oxygen atoms in total. The standard InChI is InChI=1S/C18H32N2O/c1-6-13-19-17(14-20(8-3)15(4)7-2)16-11-9-10-12-18(16)21-5/h9-12,15,17,19H,6-8,13-14H2,1-5H3. The number of rotatable bonds is 10. The van der Waals surface area contributed by atoms with E-state index in [4.69, 9.17) is 4.74 Å². The SMILES string of the molecule is CCCNC(CN(CC)C(C)CC)c1ccccc1OC. The average molecular weight is 292 g/mol. The summed E-state index contributed by atoms with van der Waals surface area (Å²) in [6, 6.07) is 9.28. The van der Waals surface area contributed by atoms with Crippen molar-refractivity contribution < 1.29 is 4.74 Å². The zero-order valence-corrected chi connectivity index (χ0v) is 14.4. The molecule has 0 aliphatic carbocycles. The number of benzene rings is 1. The van der Waals surface area contributed by atoms with E-state index in [0.717, 1.165) is 31.8 Å². The number of hydrogen-bond donors (Lipinski definition) is 1. The molecular weight excluding hydrogens is 260 g/mol. The molecule has 1 N–H and O–H groups in total. The van der Waals surface area contributed by atoms with Gasteiger partial charge >= 0.3 is 0 Å². The number of hydrogen-bond acceptors (Lipinski definition) is 3. The highest BCUT2D eigenvalue weighted by atomic mass is 16.5. The molecule has 21 heavy (non-hydrogen) atoms. The molecule has 2 atom stereocenters. The van der Waals surface area contributed by atoms with Gasteiger partial charge in [0.2, 0.25) is 0 Å². The first kappa shape index (κ1) is 18.0. The summed E-state index contributed by atoms with van der Waals surface area (Å²) >= 11 is 0. The Morgan fingerprint density at radius 3 is 2.48 bits per heavy atom. The van der Waals surface area contributed by atoms with Gasteiger partial charge in [0.15, 0.2) is 0 Å². The quantitative estimate of drug-likeness (QED) is 0.709. The molecule has 0 fully saturated rings. The average Bonchev–Trinajstić information content (AvgIpc) is 2.54. The van der Waals surface area contributed by atoms with E-state index in [1.165, 1.54) is 12.0 Å². The molecule has 120 valence electrons. The largest absolute Gasteiger partial charge is 0.496 e. The van der Waals surface area contributed by atoms with E-state index in [1.54, 1.807) is 7.11 Å². The van der Waals surface area contributed by atoms with Crippen LogP contribution in [0.2, 0.25) is 0 Å². The maximum absolute atomic E-state index is 5.55. The summed E-state index contributed by atoms with van der Waals surface area (Å²) in [5.74, 6) is 0.978. The highest BCUT2D eigenvalue weighted by molar-refractivity contribution is 5.36. The van der Waals surface area contributed by atoms with Crippen molar-refractivity contribution in [2.24, 2.45) is 0 Å². The Labute approximate surface area is 130 Å². The van der Waals surface area contributed by atoms with Gasteiger partial charge in [-0.2, -0.15) is 0 Å².